The summed E-state index contributed by atoms with van der Waals surface area (Å²) in [4.78, 5) is 57.2. The van der Waals surface area contributed by atoms with E-state index in [0.29, 0.717) is 5.56 Å². The Morgan fingerprint density at radius 2 is 1.38 bits per heavy atom. The molecule has 34 heavy (non-hydrogen) atoms. The lowest BCUT2D eigenvalue weighted by Gasteiger charge is -2.06. The molecule has 0 unspecified atom stereocenters. The summed E-state index contributed by atoms with van der Waals surface area (Å²) in [6, 6.07) is 14.6. The van der Waals surface area contributed by atoms with Gasteiger partial charge in [-0.05, 0) is 42.0 Å². The molecule has 12 heteroatoms. The molecule has 0 bridgehead atoms. The number of hydrogen-bond donors (Lipinski definition) is 0. The highest BCUT2D eigenvalue weighted by Crippen LogP contribution is 2.25. The lowest BCUT2D eigenvalue weighted by molar-refractivity contribution is -0.394. The number of rotatable bonds is 6. The molecule has 1 aliphatic rings. The van der Waals surface area contributed by atoms with Gasteiger partial charge in [-0.2, -0.15) is 10.1 Å². The highest BCUT2D eigenvalue weighted by atomic mass is 16.6. The summed E-state index contributed by atoms with van der Waals surface area (Å²) in [5.74, 6) is -2.07. The van der Waals surface area contributed by atoms with E-state index in [1.54, 1.807) is 12.1 Å². The Hall–Kier alpha value is -5.26. The lowest BCUT2D eigenvalue weighted by Crippen LogP contribution is -2.23. The lowest BCUT2D eigenvalue weighted by atomic mass is 10.1. The second kappa shape index (κ2) is 8.70. The van der Waals surface area contributed by atoms with Crippen LogP contribution in [0.4, 0.5) is 11.4 Å². The van der Waals surface area contributed by atoms with Gasteiger partial charge in [-0.25, -0.2) is 4.79 Å². The molecule has 0 atom stereocenters. The van der Waals surface area contributed by atoms with Gasteiger partial charge in [0.2, 0.25) is 0 Å². The normalized spacial score (nSPS) is 12.6. The Bertz CT molecular complexity index is 1330. The van der Waals surface area contributed by atoms with Crippen molar-refractivity contribution in [1.82, 2.24) is 5.01 Å². The molecule has 2 amide bonds. The fourth-order valence-electron chi connectivity index (χ4n) is 3.12. The van der Waals surface area contributed by atoms with E-state index in [0.717, 1.165) is 23.2 Å². The molecule has 4 rings (SSSR count). The quantitative estimate of drug-likeness (QED) is 0.135. The molecule has 1 aliphatic heterocycles. The van der Waals surface area contributed by atoms with Crippen molar-refractivity contribution in [2.45, 2.75) is 0 Å². The van der Waals surface area contributed by atoms with Gasteiger partial charge in [-0.1, -0.05) is 12.1 Å². The van der Waals surface area contributed by atoms with Gasteiger partial charge in [0.25, 0.3) is 23.2 Å². The number of nitro groups is 2. The molecule has 0 spiro atoms. The first-order valence-corrected chi connectivity index (χ1v) is 9.52. The molecular weight excluding hydrogens is 448 g/mol. The third-order valence-electron chi connectivity index (χ3n) is 4.75. The van der Waals surface area contributed by atoms with Crippen molar-refractivity contribution < 1.29 is 29.0 Å². The molecule has 0 saturated heterocycles. The minimum Gasteiger partial charge on any atom is -0.423 e. The number of nitro benzene ring substituents is 2. The number of benzene rings is 3. The van der Waals surface area contributed by atoms with Crippen molar-refractivity contribution in [3.05, 3.63) is 109 Å². The number of carbonyl (C=O) groups is 3. The molecule has 0 aliphatic carbocycles. The maximum atomic E-state index is 12.4. The van der Waals surface area contributed by atoms with Crippen LogP contribution in [0.25, 0.3) is 0 Å². The van der Waals surface area contributed by atoms with E-state index in [1.165, 1.54) is 42.6 Å². The SMILES string of the molecule is O=C(Oc1ccc(/C=N\N2C(=O)c3ccccc3C2=O)cc1)c1cc([N+](=O)[O-])cc([N+](=O)[O-])c1. The Morgan fingerprint density at radius 3 is 1.88 bits per heavy atom. The zero-order chi connectivity index (χ0) is 24.4. The van der Waals surface area contributed by atoms with Gasteiger partial charge >= 0.3 is 5.97 Å². The third-order valence-corrected chi connectivity index (χ3v) is 4.75. The van der Waals surface area contributed by atoms with Crippen LogP contribution in [0.15, 0.2) is 71.8 Å². The molecule has 0 N–H and O–H groups in total. The zero-order valence-corrected chi connectivity index (χ0v) is 17.0. The molecule has 168 valence electrons. The minimum atomic E-state index is -1.03. The summed E-state index contributed by atoms with van der Waals surface area (Å²) in [7, 11) is 0. The van der Waals surface area contributed by atoms with E-state index in [2.05, 4.69) is 5.10 Å². The Labute approximate surface area is 190 Å². The van der Waals surface area contributed by atoms with Gasteiger partial charge in [-0.3, -0.25) is 29.8 Å². The van der Waals surface area contributed by atoms with E-state index < -0.39 is 39.0 Å². The average Bonchev–Trinajstić information content (AvgIpc) is 3.08. The van der Waals surface area contributed by atoms with E-state index in [4.69, 9.17) is 4.74 Å². The largest absolute Gasteiger partial charge is 0.423 e. The predicted molar refractivity (Wildman–Crippen MR) is 116 cm³/mol. The Kier molecular flexibility index (Phi) is 5.62. The first-order valence-electron chi connectivity index (χ1n) is 9.52. The van der Waals surface area contributed by atoms with Crippen molar-refractivity contribution in [3.8, 4) is 5.75 Å². The molecule has 0 aromatic heterocycles. The molecule has 12 nitrogen and oxygen atoms in total. The van der Waals surface area contributed by atoms with Crippen molar-refractivity contribution in [2.75, 3.05) is 0 Å². The maximum absolute atomic E-state index is 12.4. The molecule has 3 aromatic carbocycles. The van der Waals surface area contributed by atoms with Crippen molar-refractivity contribution in [2.24, 2.45) is 5.10 Å². The van der Waals surface area contributed by atoms with Crippen LogP contribution >= 0.6 is 0 Å². The van der Waals surface area contributed by atoms with Crippen LogP contribution in [-0.2, 0) is 0 Å². The van der Waals surface area contributed by atoms with Gasteiger partial charge in [0, 0.05) is 12.1 Å². The smallest absolute Gasteiger partial charge is 0.344 e. The summed E-state index contributed by atoms with van der Waals surface area (Å²) in [5.41, 5.74) is -0.622. The monoisotopic (exact) mass is 460 g/mol. The fourth-order valence-corrected chi connectivity index (χ4v) is 3.12. The molecule has 0 radical (unpaired) electrons. The number of hydrazone groups is 1. The van der Waals surface area contributed by atoms with E-state index >= 15 is 0 Å². The number of ether oxygens (including phenoxy) is 1. The standard InChI is InChI=1S/C22H12N4O8/c27-20-18-3-1-2-4-19(18)21(28)24(20)23-12-13-5-7-17(8-6-13)34-22(29)14-9-15(25(30)31)11-16(10-14)26(32)33/h1-12H/b23-12-. The van der Waals surface area contributed by atoms with Crippen LogP contribution in [0.2, 0.25) is 0 Å². The van der Waals surface area contributed by atoms with Gasteiger partial charge in [-0.15, -0.1) is 0 Å². The number of imide groups is 1. The first kappa shape index (κ1) is 22.0. The third kappa shape index (κ3) is 4.23. The fraction of sp³-hybridized carbons (Fsp3) is 0. The highest BCUT2D eigenvalue weighted by Gasteiger charge is 2.35. The average molecular weight is 460 g/mol. The summed E-state index contributed by atoms with van der Waals surface area (Å²) >= 11 is 0. The molecular formula is C22H12N4O8. The summed E-state index contributed by atoms with van der Waals surface area (Å²) in [5, 5.41) is 26.6. The number of fused-ring (bicyclic) bond motifs is 1. The van der Waals surface area contributed by atoms with E-state index in [1.807, 2.05) is 0 Å². The highest BCUT2D eigenvalue weighted by molar-refractivity contribution is 6.21. The Morgan fingerprint density at radius 1 is 0.853 bits per heavy atom. The number of non-ortho nitro benzene ring substituents is 2. The van der Waals surface area contributed by atoms with Crippen molar-refractivity contribution >= 4 is 35.4 Å². The number of nitrogens with zero attached hydrogens (tertiary/aromatic N) is 4. The topological polar surface area (TPSA) is 162 Å². The summed E-state index contributed by atoms with van der Waals surface area (Å²) < 4.78 is 5.13. The zero-order valence-electron chi connectivity index (χ0n) is 17.0. The van der Waals surface area contributed by atoms with Crippen LogP contribution in [0.1, 0.15) is 36.6 Å². The van der Waals surface area contributed by atoms with Gasteiger partial charge in [0.05, 0.1) is 38.8 Å². The second-order valence-corrected chi connectivity index (χ2v) is 6.92. The summed E-state index contributed by atoms with van der Waals surface area (Å²) in [6.45, 7) is 0. The number of amides is 2. The molecule has 3 aromatic rings. The number of carbonyl (C=O) groups excluding carboxylic acids is 3. The van der Waals surface area contributed by atoms with Crippen LogP contribution in [-0.4, -0.2) is 38.9 Å². The van der Waals surface area contributed by atoms with Gasteiger partial charge in [0.1, 0.15) is 5.75 Å². The minimum absolute atomic E-state index is 0.0528. The van der Waals surface area contributed by atoms with Crippen LogP contribution in [0, 0.1) is 20.2 Å². The van der Waals surface area contributed by atoms with Gasteiger partial charge in [0.15, 0.2) is 0 Å². The second-order valence-electron chi connectivity index (χ2n) is 6.92. The predicted octanol–water partition coefficient (Wildman–Crippen LogP) is 3.35. The van der Waals surface area contributed by atoms with E-state index in [-0.39, 0.29) is 22.4 Å². The van der Waals surface area contributed by atoms with E-state index in [9.17, 15) is 34.6 Å². The van der Waals surface area contributed by atoms with Crippen molar-refractivity contribution in [1.29, 1.82) is 0 Å². The van der Waals surface area contributed by atoms with Crippen LogP contribution in [0.3, 0.4) is 0 Å². The van der Waals surface area contributed by atoms with Crippen LogP contribution < -0.4 is 4.74 Å². The van der Waals surface area contributed by atoms with Gasteiger partial charge < -0.3 is 4.74 Å². The Balaban J connectivity index is 1.47. The molecule has 0 fully saturated rings. The molecule has 0 saturated carbocycles. The number of hydrogen-bond acceptors (Lipinski definition) is 9. The van der Waals surface area contributed by atoms with Crippen LogP contribution in [0.5, 0.6) is 5.75 Å². The van der Waals surface area contributed by atoms with Crippen molar-refractivity contribution in [3.63, 3.8) is 0 Å². The number of esters is 1. The first-order chi connectivity index (χ1) is 16.2. The maximum Gasteiger partial charge on any atom is 0.344 e. The summed E-state index contributed by atoms with van der Waals surface area (Å²) in [6.07, 6.45) is 1.27. The molecule has 1 heterocycles.